The number of carbonyl (C=O) groups is 1. The van der Waals surface area contributed by atoms with Gasteiger partial charge >= 0.3 is 0 Å². The third kappa shape index (κ3) is 2.89. The molecular formula is C22H23NO2. The van der Waals surface area contributed by atoms with Gasteiger partial charge in [0.2, 0.25) is 0 Å². The second kappa shape index (κ2) is 6.16. The zero-order chi connectivity index (χ0) is 17.4. The van der Waals surface area contributed by atoms with Gasteiger partial charge in [0, 0.05) is 23.5 Å². The molecule has 3 heteroatoms. The van der Waals surface area contributed by atoms with Crippen LogP contribution in [0.15, 0.2) is 60.2 Å². The van der Waals surface area contributed by atoms with Gasteiger partial charge in [-0.25, -0.2) is 0 Å². The first kappa shape index (κ1) is 16.1. The monoisotopic (exact) mass is 333 g/mol. The van der Waals surface area contributed by atoms with Crippen LogP contribution in [-0.4, -0.2) is 35.4 Å². The van der Waals surface area contributed by atoms with E-state index >= 15 is 0 Å². The van der Waals surface area contributed by atoms with Crippen LogP contribution in [0.5, 0.6) is 5.75 Å². The van der Waals surface area contributed by atoms with Crippen molar-refractivity contribution >= 4 is 11.9 Å². The molecule has 2 aliphatic rings. The summed E-state index contributed by atoms with van der Waals surface area (Å²) < 4.78 is 0. The number of piperidine rings is 1. The first-order valence-electron chi connectivity index (χ1n) is 8.87. The van der Waals surface area contributed by atoms with Crippen LogP contribution < -0.4 is 0 Å². The van der Waals surface area contributed by atoms with E-state index in [0.29, 0.717) is 6.42 Å². The average Bonchev–Trinajstić information content (AvgIpc) is 2.62. The van der Waals surface area contributed by atoms with E-state index in [2.05, 4.69) is 24.1 Å². The zero-order valence-electron chi connectivity index (χ0n) is 14.5. The number of phenols is 1. The number of aromatic hydroxyl groups is 1. The summed E-state index contributed by atoms with van der Waals surface area (Å²) in [5.41, 5.74) is 2.94. The van der Waals surface area contributed by atoms with Gasteiger partial charge in [-0.3, -0.25) is 9.69 Å². The van der Waals surface area contributed by atoms with E-state index in [9.17, 15) is 9.90 Å². The van der Waals surface area contributed by atoms with Crippen molar-refractivity contribution in [3.05, 3.63) is 71.3 Å². The van der Waals surface area contributed by atoms with E-state index < -0.39 is 0 Å². The zero-order valence-corrected chi connectivity index (χ0v) is 14.5. The maximum atomic E-state index is 13.1. The van der Waals surface area contributed by atoms with E-state index in [-0.39, 0.29) is 23.0 Å². The largest absolute Gasteiger partial charge is 0.508 e. The van der Waals surface area contributed by atoms with Crippen molar-refractivity contribution in [1.82, 2.24) is 4.90 Å². The molecule has 128 valence electrons. The molecule has 2 atom stereocenters. The summed E-state index contributed by atoms with van der Waals surface area (Å²) in [5.74, 6) is 0.510. The molecule has 25 heavy (non-hydrogen) atoms. The minimum atomic E-state index is -0.152. The molecule has 4 rings (SSSR count). The molecule has 0 aromatic heterocycles. The number of carbonyl (C=O) groups excluding carboxylic acids is 1. The van der Waals surface area contributed by atoms with Gasteiger partial charge in [0.15, 0.2) is 5.78 Å². The lowest BCUT2D eigenvalue weighted by Gasteiger charge is -2.50. The first-order chi connectivity index (χ1) is 12.1. The lowest BCUT2D eigenvalue weighted by molar-refractivity contribution is -0.120. The fourth-order valence-corrected chi connectivity index (χ4v) is 4.38. The molecule has 2 aromatic rings. The number of ketones is 1. The Hall–Kier alpha value is -2.39. The number of fused-ring (bicyclic) bond motifs is 2. The van der Waals surface area contributed by atoms with Gasteiger partial charge in [-0.05, 0) is 55.8 Å². The van der Waals surface area contributed by atoms with E-state index in [1.165, 1.54) is 0 Å². The smallest absolute Gasteiger partial charge is 0.161 e. The van der Waals surface area contributed by atoms with Crippen molar-refractivity contribution < 1.29 is 9.90 Å². The Bertz CT molecular complexity index is 827. The Balaban J connectivity index is 1.74. The SMILES string of the molecule is CN1CC[C@]2(c3cccc(O)c3)CC(=O)/C(=C/c3ccccc3)[C@@H]1C2. The molecule has 1 aliphatic carbocycles. The Morgan fingerprint density at radius 3 is 2.72 bits per heavy atom. The Morgan fingerprint density at radius 1 is 1.16 bits per heavy atom. The maximum Gasteiger partial charge on any atom is 0.161 e. The topological polar surface area (TPSA) is 40.5 Å². The van der Waals surface area contributed by atoms with Crippen molar-refractivity contribution in [2.75, 3.05) is 13.6 Å². The predicted molar refractivity (Wildman–Crippen MR) is 99.5 cm³/mol. The Kier molecular flexibility index (Phi) is 3.97. The third-order valence-electron chi connectivity index (χ3n) is 5.82. The molecule has 1 saturated heterocycles. The number of Topliss-reactive ketones (excluding diaryl/α,β-unsaturated/α-hetero) is 1. The highest BCUT2D eigenvalue weighted by atomic mass is 16.3. The molecule has 0 radical (unpaired) electrons. The molecule has 0 amide bonds. The number of phenolic OH excluding ortho intramolecular Hbond substituents is 1. The van der Waals surface area contributed by atoms with Crippen LogP contribution in [-0.2, 0) is 10.2 Å². The van der Waals surface area contributed by atoms with E-state index in [4.69, 9.17) is 0 Å². The van der Waals surface area contributed by atoms with Gasteiger partial charge in [0.1, 0.15) is 5.75 Å². The lowest BCUT2D eigenvalue weighted by atomic mass is 9.61. The Morgan fingerprint density at radius 2 is 1.96 bits per heavy atom. The standard InChI is InChI=1S/C22H23NO2/c1-23-11-10-22(17-8-5-9-18(24)13-17)14-20(23)19(21(25)15-22)12-16-6-3-2-4-7-16/h2-9,12-13,20,24H,10-11,14-15H2,1H3/b19-12+/t20-,22+/m0/s1. The normalized spacial score (nSPS) is 28.3. The number of rotatable bonds is 2. The molecule has 1 N–H and O–H groups in total. The van der Waals surface area contributed by atoms with Crippen LogP contribution in [0, 0.1) is 0 Å². The summed E-state index contributed by atoms with van der Waals surface area (Å²) in [6.45, 7) is 0.958. The summed E-state index contributed by atoms with van der Waals surface area (Å²) >= 11 is 0. The molecule has 1 heterocycles. The molecule has 2 fully saturated rings. The summed E-state index contributed by atoms with van der Waals surface area (Å²) in [6, 6.07) is 17.7. The van der Waals surface area contributed by atoms with Crippen molar-refractivity contribution in [3.63, 3.8) is 0 Å². The van der Waals surface area contributed by atoms with Crippen molar-refractivity contribution in [3.8, 4) is 5.75 Å². The molecule has 2 bridgehead atoms. The predicted octanol–water partition coefficient (Wildman–Crippen LogP) is 3.78. The summed E-state index contributed by atoms with van der Waals surface area (Å²) in [7, 11) is 2.11. The number of hydrogen-bond donors (Lipinski definition) is 1. The van der Waals surface area contributed by atoms with E-state index in [1.807, 2.05) is 42.5 Å². The third-order valence-corrected chi connectivity index (χ3v) is 5.82. The first-order valence-corrected chi connectivity index (χ1v) is 8.87. The van der Waals surface area contributed by atoms with Crippen molar-refractivity contribution in [2.24, 2.45) is 0 Å². The number of benzene rings is 2. The highest BCUT2D eigenvalue weighted by molar-refractivity contribution is 6.02. The summed E-state index contributed by atoms with van der Waals surface area (Å²) in [5, 5.41) is 9.90. The van der Waals surface area contributed by atoms with E-state index in [0.717, 1.165) is 36.1 Å². The Labute approximate surface area is 148 Å². The van der Waals surface area contributed by atoms with Crippen LogP contribution in [0.3, 0.4) is 0 Å². The number of nitrogens with zero attached hydrogens (tertiary/aromatic N) is 1. The van der Waals surface area contributed by atoms with Crippen LogP contribution >= 0.6 is 0 Å². The second-order valence-corrected chi connectivity index (χ2v) is 7.39. The molecule has 3 nitrogen and oxygen atoms in total. The highest BCUT2D eigenvalue weighted by Gasteiger charge is 2.48. The number of likely N-dealkylation sites (tertiary alicyclic amines) is 1. The van der Waals surface area contributed by atoms with Crippen LogP contribution in [0.1, 0.15) is 30.4 Å². The fourth-order valence-electron chi connectivity index (χ4n) is 4.38. The molecule has 1 saturated carbocycles. The quantitative estimate of drug-likeness (QED) is 0.850. The molecule has 2 aromatic carbocycles. The van der Waals surface area contributed by atoms with Crippen LogP contribution in [0.4, 0.5) is 0 Å². The van der Waals surface area contributed by atoms with E-state index in [1.54, 1.807) is 6.07 Å². The number of likely N-dealkylation sites (N-methyl/N-ethyl adjacent to an activating group) is 1. The van der Waals surface area contributed by atoms with Gasteiger partial charge in [0.25, 0.3) is 0 Å². The molecule has 0 unspecified atom stereocenters. The van der Waals surface area contributed by atoms with Crippen LogP contribution in [0.2, 0.25) is 0 Å². The lowest BCUT2D eigenvalue weighted by Crippen LogP contribution is -2.53. The minimum absolute atomic E-state index is 0.137. The van der Waals surface area contributed by atoms with Gasteiger partial charge in [-0.2, -0.15) is 0 Å². The number of hydrogen-bond acceptors (Lipinski definition) is 3. The molecular weight excluding hydrogens is 310 g/mol. The minimum Gasteiger partial charge on any atom is -0.508 e. The second-order valence-electron chi connectivity index (χ2n) is 7.39. The van der Waals surface area contributed by atoms with Crippen molar-refractivity contribution in [1.29, 1.82) is 0 Å². The average molecular weight is 333 g/mol. The van der Waals surface area contributed by atoms with Crippen LogP contribution in [0.25, 0.3) is 6.08 Å². The summed E-state index contributed by atoms with van der Waals surface area (Å²) in [4.78, 5) is 15.4. The fraction of sp³-hybridized carbons (Fsp3) is 0.318. The molecule has 1 aliphatic heterocycles. The molecule has 0 spiro atoms. The van der Waals surface area contributed by atoms with Gasteiger partial charge in [0.05, 0.1) is 0 Å². The highest BCUT2D eigenvalue weighted by Crippen LogP contribution is 2.47. The van der Waals surface area contributed by atoms with Gasteiger partial charge < -0.3 is 5.11 Å². The van der Waals surface area contributed by atoms with Gasteiger partial charge in [-0.15, -0.1) is 0 Å². The van der Waals surface area contributed by atoms with Crippen molar-refractivity contribution in [2.45, 2.75) is 30.7 Å². The summed E-state index contributed by atoms with van der Waals surface area (Å²) in [6.07, 6.45) is 4.46. The van der Waals surface area contributed by atoms with Gasteiger partial charge in [-0.1, -0.05) is 42.5 Å². The maximum absolute atomic E-state index is 13.1.